The van der Waals surface area contributed by atoms with Crippen molar-refractivity contribution in [3.8, 4) is 33.8 Å². The molecule has 4 N–H and O–H groups in total. The van der Waals surface area contributed by atoms with Crippen LogP contribution in [0.1, 0.15) is 163 Å². The van der Waals surface area contributed by atoms with Crippen molar-refractivity contribution >= 4 is 35.0 Å². The Morgan fingerprint density at radius 2 is 1.35 bits per heavy atom. The summed E-state index contributed by atoms with van der Waals surface area (Å²) in [5.41, 5.74) is 13.9. The Kier molecular flexibility index (Phi) is 13.3. The van der Waals surface area contributed by atoms with Crippen LogP contribution >= 0.6 is 0 Å². The summed E-state index contributed by atoms with van der Waals surface area (Å²) < 4.78 is 12.3. The Labute approximate surface area is 432 Å². The molecular formula is C55H68IN10O6-. The molecule has 5 heterocycles. The molecule has 2 saturated carbocycles. The van der Waals surface area contributed by atoms with E-state index in [-0.39, 0.29) is 45.1 Å². The molecule has 2 saturated heterocycles. The van der Waals surface area contributed by atoms with Crippen molar-refractivity contribution in [3.63, 3.8) is 0 Å². The molecule has 7 aliphatic rings. The van der Waals surface area contributed by atoms with Crippen LogP contribution in [0.3, 0.4) is 0 Å². The minimum absolute atomic E-state index is 0.0675. The van der Waals surface area contributed by atoms with Crippen molar-refractivity contribution in [1.29, 1.82) is 0 Å². The van der Waals surface area contributed by atoms with Gasteiger partial charge in [0.1, 0.15) is 11.9 Å². The van der Waals surface area contributed by atoms with Gasteiger partial charge in [0.15, 0.2) is 0 Å². The van der Waals surface area contributed by atoms with Crippen LogP contribution < -0.4 is 30.3 Å². The monoisotopic (exact) mass is 1090 g/mol. The van der Waals surface area contributed by atoms with E-state index in [1.807, 2.05) is 43.7 Å². The van der Waals surface area contributed by atoms with Gasteiger partial charge in [-0.1, -0.05) is 38.8 Å². The second kappa shape index (κ2) is 19.7. The van der Waals surface area contributed by atoms with Crippen molar-refractivity contribution in [1.82, 2.24) is 48.8 Å². The van der Waals surface area contributed by atoms with Gasteiger partial charge in [0.05, 0.1) is 30.7 Å². The fourth-order valence-electron chi connectivity index (χ4n) is 13.5. The third kappa shape index (κ3) is 8.71. The number of fused-ring (bicyclic) bond motifs is 4. The third-order valence-electron chi connectivity index (χ3n) is 17.1. The first-order valence-electron chi connectivity index (χ1n) is 26.4. The van der Waals surface area contributed by atoms with Gasteiger partial charge in [0.25, 0.3) is 0 Å². The first kappa shape index (κ1) is 48.7. The molecule has 4 atom stereocenters. The molecule has 4 amide bonds. The summed E-state index contributed by atoms with van der Waals surface area (Å²) in [4.78, 5) is 73.5. The normalized spacial score (nSPS) is 22.8. The maximum absolute atomic E-state index is 14.1. The topological polar surface area (TPSA) is 200 Å². The van der Waals surface area contributed by atoms with Gasteiger partial charge in [-0.05, 0) is 92.6 Å². The number of ether oxygens (including phenoxy) is 2. The van der Waals surface area contributed by atoms with Crippen LogP contribution in [0.15, 0.2) is 36.5 Å². The molecule has 2 aliphatic heterocycles. The van der Waals surface area contributed by atoms with E-state index >= 15 is 0 Å². The van der Waals surface area contributed by atoms with Gasteiger partial charge < -0.3 is 19.9 Å². The number of nitrogens with zero attached hydrogens (tertiary/aromatic N) is 6. The number of amides is 4. The molecule has 16 nitrogen and oxygen atoms in total. The maximum atomic E-state index is 14.1. The van der Waals surface area contributed by atoms with E-state index in [0.29, 0.717) is 24.9 Å². The third-order valence-corrected chi connectivity index (χ3v) is 20.5. The van der Waals surface area contributed by atoms with Crippen LogP contribution in [-0.4, -0.2) is 101 Å². The minimum atomic E-state index is -0.962. The Morgan fingerprint density at radius 3 is 2.01 bits per heavy atom. The fourth-order valence-corrected chi connectivity index (χ4v) is 15.6. The van der Waals surface area contributed by atoms with Crippen molar-refractivity contribution < 1.29 is 50.1 Å². The Hall–Kier alpha value is -5.59. The van der Waals surface area contributed by atoms with Crippen molar-refractivity contribution in [2.24, 2.45) is 17.3 Å². The van der Waals surface area contributed by atoms with Crippen LogP contribution in [0.5, 0.6) is 0 Å². The fraction of sp³-hybridized carbons (Fsp3) is 0.564. The Balaban J connectivity index is 0.916. The molecular weight excluding hydrogens is 1020 g/mol. The summed E-state index contributed by atoms with van der Waals surface area (Å²) in [5, 5.41) is 13.3. The quantitative estimate of drug-likeness (QED) is 0.0601. The van der Waals surface area contributed by atoms with Gasteiger partial charge in [-0.15, -0.1) is 0 Å². The van der Waals surface area contributed by atoms with Crippen LogP contribution in [0.4, 0.5) is 9.59 Å². The van der Waals surface area contributed by atoms with Gasteiger partial charge in [-0.2, -0.15) is 0 Å². The number of benzene rings is 2. The number of rotatable bonds is 12. The molecule has 3 aromatic heterocycles. The molecule has 4 fully saturated rings. The molecule has 17 heteroatoms. The number of methoxy groups -OCH3 is 2. The number of imidazole rings is 2. The van der Waals surface area contributed by atoms with Crippen molar-refractivity contribution in [2.75, 3.05) is 27.3 Å². The number of hydrogen-bond acceptors (Lipinski definition) is 10. The van der Waals surface area contributed by atoms with Gasteiger partial charge in [-0.25, -0.2) is 9.78 Å². The van der Waals surface area contributed by atoms with E-state index in [4.69, 9.17) is 29.6 Å². The van der Waals surface area contributed by atoms with Gasteiger partial charge in [-0.3, -0.25) is 4.79 Å². The second-order valence-electron chi connectivity index (χ2n) is 22.1. The first-order valence-corrected chi connectivity index (χ1v) is 28.7. The Bertz CT molecular complexity index is 2920. The number of hydrogen-bond donors (Lipinski definition) is 4. The molecule has 5 aromatic rings. The molecule has 1 spiro atoms. The number of alkyl carbamates (subject to hydrolysis) is 1. The number of alkyl halides is 1. The second-order valence-corrected chi connectivity index (χ2v) is 24.6. The SMILES string of the molecule is COC(=O)N[I-]C(C(=O)N1CCC[C@H]1c1nc2ccc(-c3nnc(-c4ccc(-c5cnc([C@H]6CCCN6C(=O)[C@@H](NC(=O)OC)C(C)C)[nH]5)c5c4CC4(CCCC4)C5)c4c3C3CCC4CC3)cc2[nH]1)C(C)C. The van der Waals surface area contributed by atoms with E-state index in [1.54, 1.807) is 0 Å². The van der Waals surface area contributed by atoms with Gasteiger partial charge in [0, 0.05) is 17.7 Å². The molecule has 5 aliphatic carbocycles. The molecule has 2 bridgehead atoms. The molecule has 1 unspecified atom stereocenters. The van der Waals surface area contributed by atoms with Crippen LogP contribution in [-0.2, 0) is 31.9 Å². The Morgan fingerprint density at radius 1 is 0.722 bits per heavy atom. The van der Waals surface area contributed by atoms with E-state index < -0.39 is 39.7 Å². The summed E-state index contributed by atoms with van der Waals surface area (Å²) in [6, 6.07) is 9.92. The number of carbonyl (C=O) groups is 4. The summed E-state index contributed by atoms with van der Waals surface area (Å²) >= 11 is -0.962. The number of likely N-dealkylation sites (tertiary alicyclic amines) is 2. The zero-order chi connectivity index (χ0) is 50.0. The molecule has 2 aromatic carbocycles. The molecule has 72 heavy (non-hydrogen) atoms. The predicted molar refractivity (Wildman–Crippen MR) is 268 cm³/mol. The van der Waals surface area contributed by atoms with Gasteiger partial charge in [0.2, 0.25) is 5.91 Å². The number of halogens is 1. The summed E-state index contributed by atoms with van der Waals surface area (Å²) in [6.07, 6.45) is 15.8. The van der Waals surface area contributed by atoms with Crippen LogP contribution in [0, 0.1) is 17.3 Å². The van der Waals surface area contributed by atoms with Crippen LogP contribution in [0.2, 0.25) is 0 Å². The summed E-state index contributed by atoms with van der Waals surface area (Å²) in [6.45, 7) is 9.21. The van der Waals surface area contributed by atoms with Gasteiger partial charge >= 0.3 is 202 Å². The van der Waals surface area contributed by atoms with Crippen LogP contribution in [0.25, 0.3) is 44.8 Å². The van der Waals surface area contributed by atoms with E-state index in [1.165, 1.54) is 73.3 Å². The number of carbonyl (C=O) groups excluding carboxylic acids is 4. The zero-order valence-corrected chi connectivity index (χ0v) is 44.6. The number of H-pyrrole nitrogens is 2. The molecule has 382 valence electrons. The summed E-state index contributed by atoms with van der Waals surface area (Å²) in [5.74, 6) is 2.32. The predicted octanol–water partition coefficient (Wildman–Crippen LogP) is 6.58. The first-order chi connectivity index (χ1) is 34.8. The molecule has 0 radical (unpaired) electrons. The van der Waals surface area contributed by atoms with E-state index in [0.717, 1.165) is 110 Å². The van der Waals surface area contributed by atoms with Crippen molar-refractivity contribution in [3.05, 3.63) is 70.4 Å². The van der Waals surface area contributed by atoms with E-state index in [2.05, 4.69) is 49.1 Å². The number of nitrogens with one attached hydrogen (secondary N) is 4. The summed E-state index contributed by atoms with van der Waals surface area (Å²) in [7, 11) is 2.66. The van der Waals surface area contributed by atoms with Crippen molar-refractivity contribution in [2.45, 2.75) is 151 Å². The number of aromatic nitrogens is 6. The average Bonchev–Trinajstić information content (AvgIpc) is 4.26. The number of aromatic amines is 2. The standard InChI is InChI=1S/C55H68IN10O6/c1-29(2)45(56-62-54(70)72-6)51(67)65-23-10-12-42(65)50-58-38-20-17-33(25-39(38)59-50)47-43-31-13-15-32(16-14-31)44(43)48(64-63-47)35-19-18-34(36-26-55(27-37(35)36)21-7-8-22-55)40-28-57-49(60-40)41-11-9-24-66(41)52(68)46(30(3)4)61-53(69)71-5/h17-20,25,28-32,41-42,45-46H,7-16,21-24,26-27H2,1-6H3,(H,57,60)(H,58,59)(H,61,69)(H,62,70)/q-1/t31?,32?,41-,42+,45?,46+/m1/s1. The zero-order valence-electron chi connectivity index (χ0n) is 42.4. The average molecular weight is 1090 g/mol. The van der Waals surface area contributed by atoms with E-state index in [9.17, 15) is 19.2 Å². The molecule has 12 rings (SSSR count).